The number of nitrogens with zero attached hydrogens (tertiary/aromatic N) is 1. The van der Waals surface area contributed by atoms with Crippen molar-refractivity contribution in [3.63, 3.8) is 0 Å². The molecule has 10 aromatic rings. The smallest absolute Gasteiger partial charge is 0.143 e. The number of fused-ring (bicyclic) bond motifs is 9. The van der Waals surface area contributed by atoms with Crippen molar-refractivity contribution in [2.75, 3.05) is 0 Å². The van der Waals surface area contributed by atoms with Gasteiger partial charge in [0.2, 0.25) is 0 Å². The van der Waals surface area contributed by atoms with E-state index < -0.39 is 0 Å². The Hall–Kier alpha value is -5.64. The number of furan rings is 1. The fourth-order valence-electron chi connectivity index (χ4n) is 7.24. The van der Waals surface area contributed by atoms with E-state index in [2.05, 4.69) is 150 Å². The molecule has 0 saturated carbocycles. The SMILES string of the molecule is c1ccc(-c2ccc3c(c2)c2ccccc2n3-c2cccc3c2sc2cccc(-c4cccc5c4oc4ccccc45)c23)cc1. The third-order valence-electron chi connectivity index (χ3n) is 9.22. The molecule has 0 amide bonds. The first kappa shape index (κ1) is 24.8. The Kier molecular flexibility index (Phi) is 5.19. The predicted molar refractivity (Wildman–Crippen MR) is 192 cm³/mol. The van der Waals surface area contributed by atoms with E-state index in [1.165, 1.54) is 64.4 Å². The zero-order valence-electron chi connectivity index (χ0n) is 24.2. The highest BCUT2D eigenvalue weighted by molar-refractivity contribution is 7.26. The van der Waals surface area contributed by atoms with Gasteiger partial charge in [-0.15, -0.1) is 11.3 Å². The molecule has 10 rings (SSSR count). The molecule has 0 aliphatic carbocycles. The van der Waals surface area contributed by atoms with Crippen LogP contribution in [0.5, 0.6) is 0 Å². The summed E-state index contributed by atoms with van der Waals surface area (Å²) in [6.45, 7) is 0. The summed E-state index contributed by atoms with van der Waals surface area (Å²) in [5, 5.41) is 7.38. The minimum Gasteiger partial charge on any atom is -0.455 e. The lowest BCUT2D eigenvalue weighted by atomic mass is 9.97. The van der Waals surface area contributed by atoms with Crippen LogP contribution >= 0.6 is 11.3 Å². The van der Waals surface area contributed by atoms with Crippen molar-refractivity contribution >= 4 is 75.3 Å². The molecule has 0 atom stereocenters. The highest BCUT2D eigenvalue weighted by atomic mass is 32.1. The Morgan fingerprint density at radius 2 is 1.18 bits per heavy atom. The monoisotopic (exact) mass is 591 g/mol. The van der Waals surface area contributed by atoms with Crippen LogP contribution in [0, 0.1) is 0 Å². The summed E-state index contributed by atoms with van der Waals surface area (Å²) in [6.07, 6.45) is 0. The number of aromatic nitrogens is 1. The molecule has 3 heteroatoms. The summed E-state index contributed by atoms with van der Waals surface area (Å²) < 4.78 is 11.5. The maximum absolute atomic E-state index is 6.50. The number of benzene rings is 7. The summed E-state index contributed by atoms with van der Waals surface area (Å²) >= 11 is 1.87. The van der Waals surface area contributed by atoms with Crippen molar-refractivity contribution in [3.8, 4) is 27.9 Å². The summed E-state index contributed by atoms with van der Waals surface area (Å²) in [5.41, 5.74) is 10.3. The number of para-hydroxylation sites is 3. The zero-order valence-corrected chi connectivity index (χ0v) is 25.0. The fourth-order valence-corrected chi connectivity index (χ4v) is 8.47. The van der Waals surface area contributed by atoms with Crippen LogP contribution in [-0.4, -0.2) is 4.57 Å². The minimum atomic E-state index is 0.923. The van der Waals surface area contributed by atoms with Crippen molar-refractivity contribution < 1.29 is 4.42 Å². The maximum Gasteiger partial charge on any atom is 0.143 e. The third kappa shape index (κ3) is 3.56. The highest BCUT2D eigenvalue weighted by Gasteiger charge is 2.20. The van der Waals surface area contributed by atoms with Crippen molar-refractivity contribution in [3.05, 3.63) is 152 Å². The molecule has 0 unspecified atom stereocenters. The van der Waals surface area contributed by atoms with Crippen molar-refractivity contribution in [2.45, 2.75) is 0 Å². The van der Waals surface area contributed by atoms with Crippen LogP contribution in [0.2, 0.25) is 0 Å². The van der Waals surface area contributed by atoms with Gasteiger partial charge in [0.1, 0.15) is 11.2 Å². The quantitative estimate of drug-likeness (QED) is 0.200. The summed E-state index contributed by atoms with van der Waals surface area (Å²) in [7, 11) is 0. The molecule has 45 heavy (non-hydrogen) atoms. The number of thiophene rings is 1. The molecular weight excluding hydrogens is 567 g/mol. The molecule has 0 fully saturated rings. The molecule has 0 aliphatic rings. The fraction of sp³-hybridized carbons (Fsp3) is 0. The topological polar surface area (TPSA) is 18.1 Å². The van der Waals surface area contributed by atoms with Crippen LogP contribution in [0.3, 0.4) is 0 Å². The number of hydrogen-bond donors (Lipinski definition) is 0. The molecule has 2 nitrogen and oxygen atoms in total. The summed E-state index contributed by atoms with van der Waals surface area (Å²) in [6, 6.07) is 54.6. The Bertz CT molecular complexity index is 2760. The molecule has 0 bridgehead atoms. The van der Waals surface area contributed by atoms with Gasteiger partial charge >= 0.3 is 0 Å². The van der Waals surface area contributed by atoms with Crippen LogP contribution in [0.25, 0.3) is 91.9 Å². The van der Waals surface area contributed by atoms with Gasteiger partial charge in [0.15, 0.2) is 0 Å². The van der Waals surface area contributed by atoms with E-state index in [1.807, 2.05) is 17.4 Å². The van der Waals surface area contributed by atoms with Gasteiger partial charge in [-0.3, -0.25) is 0 Å². The number of rotatable bonds is 3. The first-order valence-corrected chi connectivity index (χ1v) is 16.1. The molecule has 210 valence electrons. The second kappa shape index (κ2) is 9.43. The van der Waals surface area contributed by atoms with Gasteiger partial charge in [-0.2, -0.15) is 0 Å². The second-order valence-corrected chi connectivity index (χ2v) is 12.7. The highest BCUT2D eigenvalue weighted by Crippen LogP contribution is 2.46. The Labute approximate surface area is 263 Å². The van der Waals surface area contributed by atoms with Crippen molar-refractivity contribution in [2.24, 2.45) is 0 Å². The first-order valence-electron chi connectivity index (χ1n) is 15.3. The molecule has 3 aromatic heterocycles. The van der Waals surface area contributed by atoms with Crippen LogP contribution in [0.4, 0.5) is 0 Å². The van der Waals surface area contributed by atoms with E-state index in [1.54, 1.807) is 0 Å². The second-order valence-electron chi connectivity index (χ2n) is 11.7. The van der Waals surface area contributed by atoms with Gasteiger partial charge < -0.3 is 8.98 Å². The van der Waals surface area contributed by atoms with E-state index in [4.69, 9.17) is 4.42 Å². The molecule has 0 aliphatic heterocycles. The van der Waals surface area contributed by atoms with Crippen LogP contribution in [-0.2, 0) is 0 Å². The molecule has 7 aromatic carbocycles. The van der Waals surface area contributed by atoms with E-state index in [9.17, 15) is 0 Å². The summed E-state index contributed by atoms with van der Waals surface area (Å²) in [4.78, 5) is 0. The Morgan fingerprint density at radius 3 is 2.11 bits per heavy atom. The lowest BCUT2D eigenvalue weighted by Gasteiger charge is -2.10. The van der Waals surface area contributed by atoms with Gasteiger partial charge in [0.05, 0.1) is 21.4 Å². The zero-order chi connectivity index (χ0) is 29.5. The lowest BCUT2D eigenvalue weighted by molar-refractivity contribution is 0.670. The minimum absolute atomic E-state index is 0.923. The van der Waals surface area contributed by atoms with Gasteiger partial charge in [-0.1, -0.05) is 115 Å². The lowest BCUT2D eigenvalue weighted by Crippen LogP contribution is -1.93. The largest absolute Gasteiger partial charge is 0.455 e. The van der Waals surface area contributed by atoms with E-state index in [0.29, 0.717) is 0 Å². The standard InChI is InChI=1S/C42H25NOS/c1-2-11-26(12-3-1)27-23-24-36-34(25-27)28-13-4-6-19-35(28)43(36)37-20-9-18-33-40-30(15-10-22-39(40)45-42(33)37)32-17-8-16-31-29-14-5-7-21-38(29)44-41(31)32/h1-25H. The molecular formula is C42H25NOS. The molecule has 3 heterocycles. The molecule has 0 radical (unpaired) electrons. The van der Waals surface area contributed by atoms with E-state index >= 15 is 0 Å². The average molecular weight is 592 g/mol. The van der Waals surface area contributed by atoms with E-state index in [-0.39, 0.29) is 0 Å². The Morgan fingerprint density at radius 1 is 0.467 bits per heavy atom. The number of hydrogen-bond acceptors (Lipinski definition) is 2. The first-order chi connectivity index (χ1) is 22.3. The molecule has 0 saturated heterocycles. The Balaban J connectivity index is 1.25. The van der Waals surface area contributed by atoms with E-state index in [0.717, 1.165) is 27.5 Å². The third-order valence-corrected chi connectivity index (χ3v) is 10.4. The van der Waals surface area contributed by atoms with Gasteiger partial charge in [0.25, 0.3) is 0 Å². The molecule has 0 spiro atoms. The van der Waals surface area contributed by atoms with Crippen LogP contribution in [0.15, 0.2) is 156 Å². The average Bonchev–Trinajstić information content (AvgIpc) is 3.78. The maximum atomic E-state index is 6.50. The van der Waals surface area contributed by atoms with Gasteiger partial charge in [-0.05, 0) is 53.1 Å². The van der Waals surface area contributed by atoms with Crippen molar-refractivity contribution in [1.82, 2.24) is 4.57 Å². The molecule has 0 N–H and O–H groups in total. The summed E-state index contributed by atoms with van der Waals surface area (Å²) in [5.74, 6) is 0. The van der Waals surface area contributed by atoms with Gasteiger partial charge in [0, 0.05) is 42.6 Å². The normalized spacial score (nSPS) is 12.0. The van der Waals surface area contributed by atoms with Crippen LogP contribution in [0.1, 0.15) is 0 Å². The van der Waals surface area contributed by atoms with Gasteiger partial charge in [-0.25, -0.2) is 0 Å². The van der Waals surface area contributed by atoms with Crippen molar-refractivity contribution in [1.29, 1.82) is 0 Å². The van der Waals surface area contributed by atoms with Crippen LogP contribution < -0.4 is 0 Å². The predicted octanol–water partition coefficient (Wildman–Crippen LogP) is 12.4.